The highest BCUT2D eigenvalue weighted by molar-refractivity contribution is 6.31. The van der Waals surface area contributed by atoms with Crippen molar-refractivity contribution in [1.29, 1.82) is 0 Å². The number of ether oxygens (including phenoxy) is 2. The Hall–Kier alpha value is -1.42. The molecule has 1 atom stereocenters. The molecule has 0 aromatic heterocycles. The smallest absolute Gasteiger partial charge is 0.131 e. The van der Waals surface area contributed by atoms with Crippen LogP contribution in [0.25, 0.3) is 11.1 Å². The summed E-state index contributed by atoms with van der Waals surface area (Å²) in [7, 11) is 1.63. The fourth-order valence-corrected chi connectivity index (χ4v) is 3.25. The highest BCUT2D eigenvalue weighted by Crippen LogP contribution is 2.45. The summed E-state index contributed by atoms with van der Waals surface area (Å²) in [5.41, 5.74) is 8.53. The Kier molecular flexibility index (Phi) is 4.48. The lowest BCUT2D eigenvalue weighted by molar-refractivity contribution is 0.225. The molecule has 0 radical (unpaired) electrons. The molecule has 116 valence electrons. The summed E-state index contributed by atoms with van der Waals surface area (Å²) in [4.78, 5) is 0. The summed E-state index contributed by atoms with van der Waals surface area (Å²) >= 11 is 12.4. The van der Waals surface area contributed by atoms with Gasteiger partial charge in [-0.2, -0.15) is 0 Å². The molecule has 1 aliphatic rings. The SMILES string of the molecule is COc1ccc(Cl)cc1-c1cc(Cl)cc2c1OC(CCN)C2. The second-order valence-electron chi connectivity index (χ2n) is 5.31. The zero-order chi connectivity index (χ0) is 15.7. The zero-order valence-corrected chi connectivity index (χ0v) is 13.7. The van der Waals surface area contributed by atoms with Crippen molar-refractivity contribution in [2.75, 3.05) is 13.7 Å². The van der Waals surface area contributed by atoms with Gasteiger partial charge in [0.15, 0.2) is 0 Å². The average Bonchev–Trinajstić information content (AvgIpc) is 2.89. The summed E-state index contributed by atoms with van der Waals surface area (Å²) in [6.45, 7) is 0.599. The standard InChI is InChI=1S/C17H17Cl2NO2/c1-21-16-3-2-11(18)8-14(16)15-9-12(19)6-10-7-13(4-5-20)22-17(10)15/h2-3,6,8-9,13H,4-5,7,20H2,1H3. The lowest BCUT2D eigenvalue weighted by Gasteiger charge is -2.14. The van der Waals surface area contributed by atoms with Gasteiger partial charge in [-0.1, -0.05) is 23.2 Å². The molecule has 2 aromatic rings. The normalized spacial score (nSPS) is 16.3. The molecular weight excluding hydrogens is 321 g/mol. The third-order valence-electron chi connectivity index (χ3n) is 3.80. The van der Waals surface area contributed by atoms with Crippen LogP contribution in [0.1, 0.15) is 12.0 Å². The van der Waals surface area contributed by atoms with Crippen molar-refractivity contribution in [1.82, 2.24) is 0 Å². The van der Waals surface area contributed by atoms with Crippen LogP contribution in [-0.4, -0.2) is 19.8 Å². The highest BCUT2D eigenvalue weighted by atomic mass is 35.5. The average molecular weight is 338 g/mol. The Balaban J connectivity index is 2.12. The predicted octanol–water partition coefficient (Wildman–Crippen LogP) is 4.32. The lowest BCUT2D eigenvalue weighted by Crippen LogP contribution is -2.17. The fraction of sp³-hybridized carbons (Fsp3) is 0.294. The van der Waals surface area contributed by atoms with Crippen molar-refractivity contribution in [3.8, 4) is 22.6 Å². The van der Waals surface area contributed by atoms with E-state index in [0.717, 1.165) is 41.0 Å². The molecule has 3 nitrogen and oxygen atoms in total. The van der Waals surface area contributed by atoms with E-state index in [0.29, 0.717) is 16.6 Å². The third kappa shape index (κ3) is 2.89. The van der Waals surface area contributed by atoms with Crippen LogP contribution in [0, 0.1) is 0 Å². The quantitative estimate of drug-likeness (QED) is 0.903. The fourth-order valence-electron chi connectivity index (χ4n) is 2.83. The molecule has 5 heteroatoms. The van der Waals surface area contributed by atoms with Gasteiger partial charge in [-0.05, 0) is 48.9 Å². The second-order valence-corrected chi connectivity index (χ2v) is 6.18. The minimum atomic E-state index is 0.0994. The Labute approximate surface area is 139 Å². The van der Waals surface area contributed by atoms with Gasteiger partial charge in [0.05, 0.1) is 7.11 Å². The van der Waals surface area contributed by atoms with E-state index in [-0.39, 0.29) is 6.10 Å². The summed E-state index contributed by atoms with van der Waals surface area (Å²) in [5.74, 6) is 1.59. The van der Waals surface area contributed by atoms with Gasteiger partial charge in [0.25, 0.3) is 0 Å². The topological polar surface area (TPSA) is 44.5 Å². The van der Waals surface area contributed by atoms with E-state index >= 15 is 0 Å². The van der Waals surface area contributed by atoms with E-state index < -0.39 is 0 Å². The molecule has 22 heavy (non-hydrogen) atoms. The van der Waals surface area contributed by atoms with Crippen LogP contribution < -0.4 is 15.2 Å². The summed E-state index contributed by atoms with van der Waals surface area (Å²) in [6.07, 6.45) is 1.74. The molecule has 2 N–H and O–H groups in total. The van der Waals surface area contributed by atoms with Crippen LogP contribution >= 0.6 is 23.2 Å². The van der Waals surface area contributed by atoms with Crippen LogP contribution in [-0.2, 0) is 6.42 Å². The monoisotopic (exact) mass is 337 g/mol. The number of rotatable bonds is 4. The molecule has 1 heterocycles. The Morgan fingerprint density at radius 2 is 1.95 bits per heavy atom. The Morgan fingerprint density at radius 1 is 1.18 bits per heavy atom. The number of hydrogen-bond donors (Lipinski definition) is 1. The Bertz CT molecular complexity index is 703. The first-order chi connectivity index (χ1) is 10.6. The summed E-state index contributed by atoms with van der Waals surface area (Å²) in [5, 5.41) is 1.31. The molecule has 2 aromatic carbocycles. The molecule has 0 amide bonds. The molecular formula is C17H17Cl2NO2. The molecule has 0 bridgehead atoms. The van der Waals surface area contributed by atoms with Crippen molar-refractivity contribution in [3.05, 3.63) is 45.9 Å². The molecule has 0 saturated carbocycles. The number of benzene rings is 2. The maximum Gasteiger partial charge on any atom is 0.131 e. The molecule has 0 spiro atoms. The first kappa shape index (κ1) is 15.5. The second kappa shape index (κ2) is 6.37. The van der Waals surface area contributed by atoms with Gasteiger partial charge < -0.3 is 15.2 Å². The molecule has 1 unspecified atom stereocenters. The van der Waals surface area contributed by atoms with Crippen LogP contribution in [0.2, 0.25) is 10.0 Å². The van der Waals surface area contributed by atoms with Crippen molar-refractivity contribution in [2.45, 2.75) is 18.9 Å². The minimum absolute atomic E-state index is 0.0994. The first-order valence-electron chi connectivity index (χ1n) is 7.15. The van der Waals surface area contributed by atoms with Gasteiger partial charge in [0.2, 0.25) is 0 Å². The summed E-state index contributed by atoms with van der Waals surface area (Å²) < 4.78 is 11.5. The van der Waals surface area contributed by atoms with Crippen LogP contribution in [0.5, 0.6) is 11.5 Å². The van der Waals surface area contributed by atoms with Gasteiger partial charge in [-0.15, -0.1) is 0 Å². The van der Waals surface area contributed by atoms with Crippen LogP contribution in [0.15, 0.2) is 30.3 Å². The zero-order valence-electron chi connectivity index (χ0n) is 12.2. The lowest BCUT2D eigenvalue weighted by atomic mass is 9.99. The molecule has 0 fully saturated rings. The third-order valence-corrected chi connectivity index (χ3v) is 4.26. The predicted molar refractivity (Wildman–Crippen MR) is 90.2 cm³/mol. The van der Waals surface area contributed by atoms with E-state index in [1.54, 1.807) is 13.2 Å². The van der Waals surface area contributed by atoms with E-state index in [4.69, 9.17) is 38.4 Å². The van der Waals surface area contributed by atoms with Crippen molar-refractivity contribution in [3.63, 3.8) is 0 Å². The van der Waals surface area contributed by atoms with Gasteiger partial charge >= 0.3 is 0 Å². The van der Waals surface area contributed by atoms with E-state index in [2.05, 4.69) is 0 Å². The molecule has 3 rings (SSSR count). The first-order valence-corrected chi connectivity index (χ1v) is 7.91. The summed E-state index contributed by atoms with van der Waals surface area (Å²) in [6, 6.07) is 9.35. The Morgan fingerprint density at radius 3 is 2.68 bits per heavy atom. The van der Waals surface area contributed by atoms with E-state index in [1.165, 1.54) is 0 Å². The number of halogens is 2. The molecule has 1 aliphatic heterocycles. The molecule has 0 saturated heterocycles. The minimum Gasteiger partial charge on any atom is -0.496 e. The largest absolute Gasteiger partial charge is 0.496 e. The molecule has 0 aliphatic carbocycles. The van der Waals surface area contributed by atoms with E-state index in [9.17, 15) is 0 Å². The maximum atomic E-state index is 6.28. The van der Waals surface area contributed by atoms with Crippen LogP contribution in [0.4, 0.5) is 0 Å². The highest BCUT2D eigenvalue weighted by Gasteiger charge is 2.27. The van der Waals surface area contributed by atoms with Crippen LogP contribution in [0.3, 0.4) is 0 Å². The van der Waals surface area contributed by atoms with Gasteiger partial charge in [0, 0.05) is 27.6 Å². The number of nitrogens with two attached hydrogens (primary N) is 1. The van der Waals surface area contributed by atoms with E-state index in [1.807, 2.05) is 24.3 Å². The van der Waals surface area contributed by atoms with Crippen molar-refractivity contribution >= 4 is 23.2 Å². The van der Waals surface area contributed by atoms with Crippen molar-refractivity contribution in [2.24, 2.45) is 5.73 Å². The van der Waals surface area contributed by atoms with Gasteiger partial charge in [0.1, 0.15) is 17.6 Å². The number of hydrogen-bond acceptors (Lipinski definition) is 3. The van der Waals surface area contributed by atoms with Gasteiger partial charge in [-0.3, -0.25) is 0 Å². The maximum absolute atomic E-state index is 6.28. The van der Waals surface area contributed by atoms with Gasteiger partial charge in [-0.25, -0.2) is 0 Å². The van der Waals surface area contributed by atoms with Crippen molar-refractivity contribution < 1.29 is 9.47 Å². The number of fused-ring (bicyclic) bond motifs is 1. The number of methoxy groups -OCH3 is 1.